The molecule has 6 nitrogen and oxygen atoms in total. The largest absolute Gasteiger partial charge is 0.488 e. The Morgan fingerprint density at radius 3 is 3.00 bits per heavy atom. The minimum atomic E-state index is 0.106. The maximum absolute atomic E-state index is 6.03. The summed E-state index contributed by atoms with van der Waals surface area (Å²) in [6.45, 7) is 3.45. The highest BCUT2D eigenvalue weighted by Gasteiger charge is 2.25. The van der Waals surface area contributed by atoms with Crippen LogP contribution in [0.25, 0.3) is 11.5 Å². The first kappa shape index (κ1) is 15.9. The first-order valence-corrected chi connectivity index (χ1v) is 8.49. The van der Waals surface area contributed by atoms with Crippen LogP contribution in [0.3, 0.4) is 0 Å². The third-order valence-corrected chi connectivity index (χ3v) is 4.32. The number of hydrogen-bond acceptors (Lipinski definition) is 6. The quantitative estimate of drug-likeness (QED) is 0.709. The zero-order valence-electron chi connectivity index (χ0n) is 13.7. The fourth-order valence-electron chi connectivity index (χ4n) is 2.90. The van der Waals surface area contributed by atoms with Crippen molar-refractivity contribution in [1.29, 1.82) is 0 Å². The molecule has 3 aromatic rings. The molecule has 2 aromatic heterocycles. The van der Waals surface area contributed by atoms with Gasteiger partial charge in [0, 0.05) is 29.7 Å². The van der Waals surface area contributed by atoms with Gasteiger partial charge in [0.1, 0.15) is 17.7 Å². The Labute approximate surface area is 150 Å². The van der Waals surface area contributed by atoms with Gasteiger partial charge in [0.25, 0.3) is 5.89 Å². The Bertz CT molecular complexity index is 883. The summed E-state index contributed by atoms with van der Waals surface area (Å²) in [4.78, 5) is 10.9. The smallest absolute Gasteiger partial charge is 0.258 e. The molecule has 7 heteroatoms. The van der Waals surface area contributed by atoms with Gasteiger partial charge in [-0.3, -0.25) is 0 Å². The van der Waals surface area contributed by atoms with E-state index in [1.54, 1.807) is 13.1 Å². The Kier molecular flexibility index (Phi) is 4.28. The van der Waals surface area contributed by atoms with Crippen LogP contribution in [0.1, 0.15) is 12.2 Å². The van der Waals surface area contributed by atoms with E-state index < -0.39 is 0 Å². The zero-order chi connectivity index (χ0) is 17.2. The molecule has 1 aromatic carbocycles. The summed E-state index contributed by atoms with van der Waals surface area (Å²) in [6, 6.07) is 11.3. The van der Waals surface area contributed by atoms with Gasteiger partial charge >= 0.3 is 0 Å². The molecule has 3 heterocycles. The lowest BCUT2D eigenvalue weighted by Crippen LogP contribution is -2.25. The molecule has 0 aliphatic carbocycles. The van der Waals surface area contributed by atoms with Crippen molar-refractivity contribution in [3.05, 3.63) is 53.4 Å². The fourth-order valence-corrected chi connectivity index (χ4v) is 3.08. The zero-order valence-corrected chi connectivity index (χ0v) is 14.5. The lowest BCUT2D eigenvalue weighted by Gasteiger charge is -2.18. The van der Waals surface area contributed by atoms with E-state index in [1.165, 1.54) is 0 Å². The molecular weight excluding hydrogens is 340 g/mol. The van der Waals surface area contributed by atoms with E-state index in [1.807, 2.05) is 36.4 Å². The molecular formula is C18H17ClN4O2. The Morgan fingerprint density at radius 1 is 1.28 bits per heavy atom. The van der Waals surface area contributed by atoms with Gasteiger partial charge in [0.15, 0.2) is 5.82 Å². The standard InChI is InChI=1S/C18H17ClN4O2/c1-12-21-18(25-22-12)13-5-7-20-17(9-13)23-8-6-16(11-23)24-15-4-2-3-14(19)10-15/h2-5,7,9-10,16H,6,8,11H2,1H3. The number of pyridine rings is 1. The predicted octanol–water partition coefficient (Wildman–Crippen LogP) is 3.75. The van der Waals surface area contributed by atoms with E-state index in [0.29, 0.717) is 16.7 Å². The second-order valence-corrected chi connectivity index (χ2v) is 6.42. The molecule has 4 rings (SSSR count). The monoisotopic (exact) mass is 356 g/mol. The summed E-state index contributed by atoms with van der Waals surface area (Å²) in [5.74, 6) is 2.80. The van der Waals surface area contributed by atoms with Gasteiger partial charge in [-0.15, -0.1) is 0 Å². The van der Waals surface area contributed by atoms with Crippen molar-refractivity contribution in [2.75, 3.05) is 18.0 Å². The van der Waals surface area contributed by atoms with Crippen LogP contribution < -0.4 is 9.64 Å². The van der Waals surface area contributed by atoms with Crippen molar-refractivity contribution in [2.45, 2.75) is 19.4 Å². The molecule has 1 aliphatic heterocycles. The minimum Gasteiger partial charge on any atom is -0.488 e. The summed E-state index contributed by atoms with van der Waals surface area (Å²) < 4.78 is 11.3. The summed E-state index contributed by atoms with van der Waals surface area (Å²) in [6.07, 6.45) is 2.79. The number of anilines is 1. The van der Waals surface area contributed by atoms with Crippen molar-refractivity contribution in [3.63, 3.8) is 0 Å². The molecule has 128 valence electrons. The van der Waals surface area contributed by atoms with Gasteiger partial charge in [-0.2, -0.15) is 4.98 Å². The van der Waals surface area contributed by atoms with E-state index in [4.69, 9.17) is 20.9 Å². The highest BCUT2D eigenvalue weighted by molar-refractivity contribution is 6.30. The van der Waals surface area contributed by atoms with E-state index in [0.717, 1.165) is 36.6 Å². The lowest BCUT2D eigenvalue weighted by atomic mass is 10.2. The van der Waals surface area contributed by atoms with Gasteiger partial charge < -0.3 is 14.2 Å². The Balaban J connectivity index is 1.46. The molecule has 1 saturated heterocycles. The number of ether oxygens (including phenoxy) is 1. The van der Waals surface area contributed by atoms with Crippen LogP contribution in [0.15, 0.2) is 47.1 Å². The number of aryl methyl sites for hydroxylation is 1. The maximum Gasteiger partial charge on any atom is 0.258 e. The van der Waals surface area contributed by atoms with Gasteiger partial charge in [-0.1, -0.05) is 22.8 Å². The summed E-state index contributed by atoms with van der Waals surface area (Å²) in [7, 11) is 0. The SMILES string of the molecule is Cc1noc(-c2ccnc(N3CCC(Oc4cccc(Cl)c4)C3)c2)n1. The van der Waals surface area contributed by atoms with Crippen molar-refractivity contribution in [2.24, 2.45) is 0 Å². The molecule has 0 N–H and O–H groups in total. The molecule has 1 aliphatic rings. The number of aromatic nitrogens is 3. The second-order valence-electron chi connectivity index (χ2n) is 5.98. The Hall–Kier alpha value is -2.60. The van der Waals surface area contributed by atoms with Gasteiger partial charge in [0.05, 0.1) is 6.54 Å². The number of halogens is 1. The average molecular weight is 357 g/mol. The first-order chi connectivity index (χ1) is 12.2. The first-order valence-electron chi connectivity index (χ1n) is 8.11. The maximum atomic E-state index is 6.03. The third kappa shape index (κ3) is 3.58. The molecule has 0 amide bonds. The number of benzene rings is 1. The van der Waals surface area contributed by atoms with Gasteiger partial charge in [-0.25, -0.2) is 4.98 Å². The molecule has 0 bridgehead atoms. The van der Waals surface area contributed by atoms with Crippen molar-refractivity contribution < 1.29 is 9.26 Å². The van der Waals surface area contributed by atoms with Crippen molar-refractivity contribution >= 4 is 17.4 Å². The molecule has 25 heavy (non-hydrogen) atoms. The van der Waals surface area contributed by atoms with E-state index >= 15 is 0 Å². The Morgan fingerprint density at radius 2 is 2.20 bits per heavy atom. The lowest BCUT2D eigenvalue weighted by molar-refractivity contribution is 0.225. The van der Waals surface area contributed by atoms with Crippen LogP contribution in [0.4, 0.5) is 5.82 Å². The van der Waals surface area contributed by atoms with Crippen LogP contribution >= 0.6 is 11.6 Å². The molecule has 0 radical (unpaired) electrons. The molecule has 0 spiro atoms. The highest BCUT2D eigenvalue weighted by Crippen LogP contribution is 2.26. The topological polar surface area (TPSA) is 64.3 Å². The average Bonchev–Trinajstić information content (AvgIpc) is 3.24. The van der Waals surface area contributed by atoms with Gasteiger partial charge in [-0.05, 0) is 37.3 Å². The molecule has 1 unspecified atom stereocenters. The summed E-state index contributed by atoms with van der Waals surface area (Å²) >= 11 is 6.01. The predicted molar refractivity (Wildman–Crippen MR) is 95.0 cm³/mol. The third-order valence-electron chi connectivity index (χ3n) is 4.09. The molecule has 1 fully saturated rings. The van der Waals surface area contributed by atoms with Crippen molar-refractivity contribution in [3.8, 4) is 17.2 Å². The molecule has 1 atom stereocenters. The van der Waals surface area contributed by atoms with Crippen LogP contribution in [0, 0.1) is 6.92 Å². The van der Waals surface area contributed by atoms with Gasteiger partial charge in [0.2, 0.25) is 0 Å². The minimum absolute atomic E-state index is 0.106. The number of nitrogens with zero attached hydrogens (tertiary/aromatic N) is 4. The second kappa shape index (κ2) is 6.72. The van der Waals surface area contributed by atoms with Crippen LogP contribution in [0.2, 0.25) is 5.02 Å². The summed E-state index contributed by atoms with van der Waals surface area (Å²) in [5, 5.41) is 4.51. The fraction of sp³-hybridized carbons (Fsp3) is 0.278. The normalized spacial score (nSPS) is 17.0. The van der Waals surface area contributed by atoms with Crippen LogP contribution in [-0.4, -0.2) is 34.3 Å². The highest BCUT2D eigenvalue weighted by atomic mass is 35.5. The van der Waals surface area contributed by atoms with E-state index in [2.05, 4.69) is 20.0 Å². The van der Waals surface area contributed by atoms with Crippen LogP contribution in [-0.2, 0) is 0 Å². The summed E-state index contributed by atoms with van der Waals surface area (Å²) in [5.41, 5.74) is 0.866. The van der Waals surface area contributed by atoms with E-state index in [9.17, 15) is 0 Å². The van der Waals surface area contributed by atoms with Crippen molar-refractivity contribution in [1.82, 2.24) is 15.1 Å². The van der Waals surface area contributed by atoms with E-state index in [-0.39, 0.29) is 6.10 Å². The number of rotatable bonds is 4. The number of hydrogen-bond donors (Lipinski definition) is 0. The molecule has 0 saturated carbocycles. The van der Waals surface area contributed by atoms with Crippen LogP contribution in [0.5, 0.6) is 5.75 Å².